The number of aromatic nitrogens is 3. The number of piperidine rings is 1. The maximum atomic E-state index is 14.3. The first-order valence-corrected chi connectivity index (χ1v) is 9.09. The molecule has 3 heterocycles. The molecule has 28 heavy (non-hydrogen) atoms. The van der Waals surface area contributed by atoms with Gasteiger partial charge in [-0.05, 0) is 31.0 Å². The Balaban J connectivity index is 1.79. The van der Waals surface area contributed by atoms with Crippen LogP contribution in [-0.4, -0.2) is 39.8 Å². The molecule has 2 N–H and O–H groups in total. The summed E-state index contributed by atoms with van der Waals surface area (Å²) >= 11 is 0. The number of halogens is 2. The Morgan fingerprint density at radius 3 is 2.86 bits per heavy atom. The number of nitrogens with two attached hydrogens (primary N) is 1. The standard InChI is InChI=1S/C20H20F2N6/c1-12-7-18-19(8-16(12)22)28(10-14-4-3-13(24-2)9-25-14)20(26-18)27-6-5-15(21)17(23)11-27/h3-4,7-9,15,17H,5-6,10-11,23H2,1H3/t15-,17-/m1/s1. The van der Waals surface area contributed by atoms with Gasteiger partial charge in [-0.15, -0.1) is 0 Å². The van der Waals surface area contributed by atoms with E-state index in [1.807, 2.05) is 9.47 Å². The zero-order valence-electron chi connectivity index (χ0n) is 15.4. The first-order chi connectivity index (χ1) is 13.5. The predicted octanol–water partition coefficient (Wildman–Crippen LogP) is 3.35. The molecule has 3 aromatic rings. The summed E-state index contributed by atoms with van der Waals surface area (Å²) in [5.74, 6) is 0.314. The Kier molecular flexibility index (Phi) is 4.69. The molecule has 0 saturated carbocycles. The van der Waals surface area contributed by atoms with Gasteiger partial charge in [-0.2, -0.15) is 0 Å². The molecule has 0 aliphatic carbocycles. The first-order valence-electron chi connectivity index (χ1n) is 9.09. The Morgan fingerprint density at radius 1 is 1.36 bits per heavy atom. The van der Waals surface area contributed by atoms with Crippen molar-refractivity contribution in [3.63, 3.8) is 0 Å². The Bertz CT molecular complexity index is 1050. The van der Waals surface area contributed by atoms with E-state index in [0.29, 0.717) is 54.3 Å². The molecule has 0 spiro atoms. The lowest BCUT2D eigenvalue weighted by Crippen LogP contribution is -2.50. The van der Waals surface area contributed by atoms with Crippen LogP contribution in [0.1, 0.15) is 17.7 Å². The van der Waals surface area contributed by atoms with Crippen LogP contribution in [-0.2, 0) is 6.54 Å². The van der Waals surface area contributed by atoms with E-state index < -0.39 is 12.2 Å². The third-order valence-electron chi connectivity index (χ3n) is 5.12. The molecule has 1 aromatic carbocycles. The minimum atomic E-state index is -1.03. The zero-order chi connectivity index (χ0) is 19.8. The van der Waals surface area contributed by atoms with E-state index in [1.165, 1.54) is 12.3 Å². The monoisotopic (exact) mass is 382 g/mol. The maximum absolute atomic E-state index is 14.3. The lowest BCUT2D eigenvalue weighted by atomic mass is 10.1. The Morgan fingerprint density at radius 2 is 2.18 bits per heavy atom. The van der Waals surface area contributed by atoms with E-state index in [2.05, 4.69) is 9.83 Å². The average Bonchev–Trinajstić information content (AvgIpc) is 3.02. The van der Waals surface area contributed by atoms with E-state index in [9.17, 15) is 8.78 Å². The van der Waals surface area contributed by atoms with Crippen LogP contribution < -0.4 is 10.6 Å². The van der Waals surface area contributed by atoms with Crippen molar-refractivity contribution in [3.05, 3.63) is 59.0 Å². The van der Waals surface area contributed by atoms with Gasteiger partial charge in [0, 0.05) is 25.4 Å². The third kappa shape index (κ3) is 3.29. The molecule has 0 bridgehead atoms. The van der Waals surface area contributed by atoms with Gasteiger partial charge >= 0.3 is 0 Å². The number of alkyl halides is 1. The van der Waals surface area contributed by atoms with Crippen molar-refractivity contribution in [2.24, 2.45) is 5.73 Å². The summed E-state index contributed by atoms with van der Waals surface area (Å²) in [5.41, 5.74) is 8.93. The average molecular weight is 382 g/mol. The van der Waals surface area contributed by atoms with E-state index in [-0.39, 0.29) is 5.82 Å². The van der Waals surface area contributed by atoms with Crippen LogP contribution in [0.25, 0.3) is 15.9 Å². The molecule has 1 aliphatic heterocycles. The normalized spacial score (nSPS) is 19.8. The van der Waals surface area contributed by atoms with Crippen LogP contribution in [0.4, 0.5) is 20.4 Å². The Hall–Kier alpha value is -3.05. The minimum Gasteiger partial charge on any atom is -0.340 e. The number of anilines is 1. The molecule has 1 fully saturated rings. The number of pyridine rings is 1. The van der Waals surface area contributed by atoms with Gasteiger partial charge in [0.05, 0.1) is 35.9 Å². The van der Waals surface area contributed by atoms with Gasteiger partial charge in [0.25, 0.3) is 0 Å². The summed E-state index contributed by atoms with van der Waals surface area (Å²) in [7, 11) is 0. The number of rotatable bonds is 3. The molecule has 0 radical (unpaired) electrons. The lowest BCUT2D eigenvalue weighted by Gasteiger charge is -2.34. The van der Waals surface area contributed by atoms with E-state index in [4.69, 9.17) is 17.3 Å². The molecule has 1 saturated heterocycles. The summed E-state index contributed by atoms with van der Waals surface area (Å²) in [6.45, 7) is 9.93. The summed E-state index contributed by atoms with van der Waals surface area (Å²) < 4.78 is 30.0. The quantitative estimate of drug-likeness (QED) is 0.706. The van der Waals surface area contributed by atoms with E-state index in [0.717, 1.165) is 5.69 Å². The fourth-order valence-electron chi connectivity index (χ4n) is 3.51. The van der Waals surface area contributed by atoms with Crippen LogP contribution in [0.5, 0.6) is 0 Å². The highest BCUT2D eigenvalue weighted by Crippen LogP contribution is 2.28. The van der Waals surface area contributed by atoms with Crippen LogP contribution in [0.3, 0.4) is 0 Å². The molecule has 1 aliphatic rings. The topological polar surface area (TPSA) is 64.3 Å². The van der Waals surface area contributed by atoms with Crippen LogP contribution in [0.15, 0.2) is 30.5 Å². The van der Waals surface area contributed by atoms with Gasteiger partial charge in [0.15, 0.2) is 0 Å². The predicted molar refractivity (Wildman–Crippen MR) is 104 cm³/mol. The molecule has 144 valence electrons. The van der Waals surface area contributed by atoms with E-state index >= 15 is 0 Å². The molecule has 0 unspecified atom stereocenters. The fraction of sp³-hybridized carbons (Fsp3) is 0.350. The molecule has 0 amide bonds. The number of fused-ring (bicyclic) bond motifs is 1. The van der Waals surface area contributed by atoms with E-state index in [1.54, 1.807) is 25.1 Å². The highest BCUT2D eigenvalue weighted by Gasteiger charge is 2.29. The highest BCUT2D eigenvalue weighted by atomic mass is 19.1. The summed E-state index contributed by atoms with van der Waals surface area (Å²) in [6, 6.07) is 6.06. The van der Waals surface area contributed by atoms with Crippen LogP contribution >= 0.6 is 0 Å². The lowest BCUT2D eigenvalue weighted by molar-refractivity contribution is 0.243. The van der Waals surface area contributed by atoms with Gasteiger partial charge in [0.2, 0.25) is 11.6 Å². The van der Waals surface area contributed by atoms with Crippen molar-refractivity contribution in [2.45, 2.75) is 32.1 Å². The van der Waals surface area contributed by atoms with Crippen molar-refractivity contribution in [1.82, 2.24) is 14.5 Å². The zero-order valence-corrected chi connectivity index (χ0v) is 15.4. The molecular weight excluding hydrogens is 362 g/mol. The number of hydrogen-bond acceptors (Lipinski definition) is 4. The van der Waals surface area contributed by atoms with Crippen molar-refractivity contribution >= 4 is 22.7 Å². The molecule has 2 aromatic heterocycles. The SMILES string of the molecule is [C-]#[N+]c1ccc(Cn2c(N3CC[C@@H](F)[C@H](N)C3)nc3cc(C)c(F)cc32)nc1. The second-order valence-corrected chi connectivity index (χ2v) is 7.12. The highest BCUT2D eigenvalue weighted by molar-refractivity contribution is 5.80. The van der Waals surface area contributed by atoms with Gasteiger partial charge < -0.3 is 15.2 Å². The van der Waals surface area contributed by atoms with Crippen molar-refractivity contribution < 1.29 is 8.78 Å². The second-order valence-electron chi connectivity index (χ2n) is 7.12. The fourth-order valence-corrected chi connectivity index (χ4v) is 3.51. The van der Waals surface area contributed by atoms with Crippen LogP contribution in [0.2, 0.25) is 0 Å². The number of nitrogens with zero attached hydrogens (tertiary/aromatic N) is 5. The molecule has 4 rings (SSSR count). The van der Waals surface area contributed by atoms with Crippen molar-refractivity contribution in [3.8, 4) is 0 Å². The molecular formula is C20H20F2N6. The largest absolute Gasteiger partial charge is 0.340 e. The smallest absolute Gasteiger partial charge is 0.206 e. The number of imidazole rings is 1. The number of hydrogen-bond donors (Lipinski definition) is 1. The van der Waals surface area contributed by atoms with Crippen molar-refractivity contribution in [1.29, 1.82) is 0 Å². The van der Waals surface area contributed by atoms with Crippen molar-refractivity contribution in [2.75, 3.05) is 18.0 Å². The summed E-state index contributed by atoms with van der Waals surface area (Å²) in [4.78, 5) is 14.3. The molecule has 2 atom stereocenters. The molecule has 8 heteroatoms. The maximum Gasteiger partial charge on any atom is 0.206 e. The number of aryl methyl sites for hydroxylation is 1. The van der Waals surface area contributed by atoms with Crippen LogP contribution in [0, 0.1) is 19.3 Å². The second kappa shape index (κ2) is 7.17. The summed E-state index contributed by atoms with van der Waals surface area (Å²) in [6.07, 6.45) is 0.808. The van der Waals surface area contributed by atoms with Gasteiger partial charge in [-0.1, -0.05) is 6.07 Å². The minimum absolute atomic E-state index is 0.310. The molecule has 6 nitrogen and oxygen atoms in total. The van der Waals surface area contributed by atoms with Gasteiger partial charge in [-0.3, -0.25) is 4.98 Å². The van der Waals surface area contributed by atoms with Gasteiger partial charge in [0.1, 0.15) is 12.0 Å². The Labute approximate surface area is 161 Å². The third-order valence-corrected chi connectivity index (χ3v) is 5.12. The number of benzene rings is 1. The van der Waals surface area contributed by atoms with Gasteiger partial charge in [-0.25, -0.2) is 18.6 Å². The summed E-state index contributed by atoms with van der Waals surface area (Å²) in [5, 5.41) is 0. The first kappa shape index (κ1) is 18.3.